The summed E-state index contributed by atoms with van der Waals surface area (Å²) in [6.07, 6.45) is 12.0. The maximum atomic E-state index is 9.97. The Morgan fingerprint density at radius 2 is 1.85 bits per heavy atom. The molecule has 0 aromatic rings. The average Bonchev–Trinajstić information content (AvgIpc) is 3.08. The lowest BCUT2D eigenvalue weighted by molar-refractivity contribution is -0.0327. The molecule has 3 fully saturated rings. The number of allylic oxidation sites excluding steroid dienone is 3. The summed E-state index contributed by atoms with van der Waals surface area (Å²) < 4.78 is 17.9. The fourth-order valence-corrected chi connectivity index (χ4v) is 8.01. The van der Waals surface area contributed by atoms with Crippen LogP contribution in [0.1, 0.15) is 72.6 Å². The molecule has 7 unspecified atom stereocenters. The molecule has 0 amide bonds. The molecule has 7 atom stereocenters. The van der Waals surface area contributed by atoms with Gasteiger partial charge in [-0.25, -0.2) is 0 Å². The molecule has 33 heavy (non-hydrogen) atoms. The monoisotopic (exact) mass is 488 g/mol. The highest BCUT2D eigenvalue weighted by Crippen LogP contribution is 2.65. The summed E-state index contributed by atoms with van der Waals surface area (Å²) in [7, 11) is 11.4. The van der Waals surface area contributed by atoms with Crippen LogP contribution in [0.2, 0.25) is 0 Å². The summed E-state index contributed by atoms with van der Waals surface area (Å²) in [4.78, 5) is 0. The molecule has 0 heterocycles. The SMILES string of the molecule is [B]SOC1CC2=CC=C3C4CCC(COCCC(C)(C)O)C4(C)CCC3C2(C)C(OS[B])C1. The Bertz CT molecular complexity index is 770. The smallest absolute Gasteiger partial charge is 0.203 e. The molecule has 0 saturated heterocycles. The van der Waals surface area contributed by atoms with Gasteiger partial charge >= 0.3 is 0 Å². The molecule has 0 aliphatic heterocycles. The maximum Gasteiger partial charge on any atom is 0.203 e. The Morgan fingerprint density at radius 1 is 1.09 bits per heavy atom. The van der Waals surface area contributed by atoms with Gasteiger partial charge in [0.15, 0.2) is 0 Å². The van der Waals surface area contributed by atoms with Crippen LogP contribution in [0.3, 0.4) is 0 Å². The van der Waals surface area contributed by atoms with Crippen LogP contribution in [-0.4, -0.2) is 50.4 Å². The summed E-state index contributed by atoms with van der Waals surface area (Å²) in [5.41, 5.74) is 2.57. The largest absolute Gasteiger partial charge is 0.390 e. The topological polar surface area (TPSA) is 47.9 Å². The standard InChI is InChI=1S/C25H38B2O4S2/c1-23(2,28)11-12-29-15-17-6-8-20-19-7-5-16-13-18(30-32-26)14-22(31-33-27)25(16,4)21(19)9-10-24(17,20)3/h5,7,17-18,20-22,28H,6,8-15H2,1-4H3. The average molecular weight is 488 g/mol. The third-order valence-electron chi connectivity index (χ3n) is 9.34. The van der Waals surface area contributed by atoms with E-state index in [1.807, 2.05) is 13.8 Å². The normalized spacial score (nSPS) is 40.5. The van der Waals surface area contributed by atoms with Crippen molar-refractivity contribution in [3.63, 3.8) is 0 Å². The molecule has 180 valence electrons. The minimum Gasteiger partial charge on any atom is -0.390 e. The van der Waals surface area contributed by atoms with Gasteiger partial charge in [-0.1, -0.05) is 60.9 Å². The van der Waals surface area contributed by atoms with Crippen molar-refractivity contribution in [1.82, 2.24) is 0 Å². The Labute approximate surface area is 211 Å². The van der Waals surface area contributed by atoms with E-state index in [4.69, 9.17) is 27.4 Å². The van der Waals surface area contributed by atoms with Crippen molar-refractivity contribution in [2.24, 2.45) is 28.6 Å². The second kappa shape index (κ2) is 10.3. The highest BCUT2D eigenvalue weighted by atomic mass is 32.2. The van der Waals surface area contributed by atoms with Crippen LogP contribution < -0.4 is 0 Å². The quantitative estimate of drug-likeness (QED) is 0.263. The van der Waals surface area contributed by atoms with Crippen molar-refractivity contribution in [3.05, 3.63) is 23.3 Å². The fraction of sp³-hybridized carbons (Fsp3) is 0.840. The zero-order valence-corrected chi connectivity index (χ0v) is 22.2. The van der Waals surface area contributed by atoms with E-state index >= 15 is 0 Å². The van der Waals surface area contributed by atoms with Crippen LogP contribution in [-0.2, 0) is 13.1 Å². The third-order valence-corrected chi connectivity index (χ3v) is 10.1. The first-order valence-electron chi connectivity index (χ1n) is 12.4. The molecule has 4 aliphatic carbocycles. The van der Waals surface area contributed by atoms with Gasteiger partial charge < -0.3 is 18.2 Å². The predicted molar refractivity (Wildman–Crippen MR) is 139 cm³/mol. The fourth-order valence-electron chi connectivity index (χ4n) is 7.29. The van der Waals surface area contributed by atoms with E-state index in [0.29, 0.717) is 30.8 Å². The second-order valence-corrected chi connectivity index (χ2v) is 12.4. The lowest BCUT2D eigenvalue weighted by Crippen LogP contribution is -2.53. The number of aliphatic hydroxyl groups is 1. The Morgan fingerprint density at radius 3 is 2.55 bits per heavy atom. The lowest BCUT2D eigenvalue weighted by Gasteiger charge is -2.57. The van der Waals surface area contributed by atoms with E-state index in [1.54, 1.807) is 5.57 Å². The summed E-state index contributed by atoms with van der Waals surface area (Å²) in [5.74, 6) is 1.64. The van der Waals surface area contributed by atoms with E-state index in [2.05, 4.69) is 26.0 Å². The number of fused-ring (bicyclic) bond motifs is 5. The number of hydrogen-bond donors (Lipinski definition) is 1. The lowest BCUT2D eigenvalue weighted by atomic mass is 9.50. The van der Waals surface area contributed by atoms with E-state index in [1.165, 1.54) is 31.3 Å². The molecule has 0 aromatic heterocycles. The number of rotatable bonds is 9. The van der Waals surface area contributed by atoms with Crippen LogP contribution in [0.15, 0.2) is 23.3 Å². The third kappa shape index (κ3) is 5.04. The zero-order chi connectivity index (χ0) is 23.9. The van der Waals surface area contributed by atoms with Gasteiger partial charge in [-0.3, -0.25) is 0 Å². The van der Waals surface area contributed by atoms with E-state index in [9.17, 15) is 5.11 Å². The molecule has 1 N–H and O–H groups in total. The van der Waals surface area contributed by atoms with Gasteiger partial charge in [0.2, 0.25) is 14.2 Å². The first-order chi connectivity index (χ1) is 15.6. The first-order valence-corrected chi connectivity index (χ1v) is 14.0. The summed E-state index contributed by atoms with van der Waals surface area (Å²) in [6, 6.07) is 0. The Kier molecular flexibility index (Phi) is 8.15. The van der Waals surface area contributed by atoms with Crippen molar-refractivity contribution in [2.75, 3.05) is 13.2 Å². The maximum absolute atomic E-state index is 9.97. The van der Waals surface area contributed by atoms with Crippen molar-refractivity contribution in [2.45, 2.75) is 90.4 Å². The van der Waals surface area contributed by atoms with Gasteiger partial charge in [-0.05, 0) is 75.5 Å². The van der Waals surface area contributed by atoms with Crippen LogP contribution in [0.5, 0.6) is 0 Å². The summed E-state index contributed by atoms with van der Waals surface area (Å²) in [5, 5.41) is 9.97. The first kappa shape index (κ1) is 26.2. The minimum absolute atomic E-state index is 0.00470. The van der Waals surface area contributed by atoms with Crippen molar-refractivity contribution >= 4 is 38.0 Å². The highest BCUT2D eigenvalue weighted by Gasteiger charge is 2.59. The van der Waals surface area contributed by atoms with Crippen molar-refractivity contribution < 1.29 is 18.2 Å². The molecular formula is C25H38B2O4S2. The molecule has 4 radical (unpaired) electrons. The van der Waals surface area contributed by atoms with Crippen molar-refractivity contribution in [3.8, 4) is 0 Å². The van der Waals surface area contributed by atoms with E-state index < -0.39 is 5.60 Å². The van der Waals surface area contributed by atoms with Gasteiger partial charge in [-0.2, -0.15) is 0 Å². The van der Waals surface area contributed by atoms with Crippen LogP contribution in [0, 0.1) is 28.6 Å². The molecule has 4 aliphatic rings. The molecule has 0 bridgehead atoms. The second-order valence-electron chi connectivity index (χ2n) is 11.6. The van der Waals surface area contributed by atoms with Gasteiger partial charge in [0.1, 0.15) is 0 Å². The molecule has 4 rings (SSSR count). The van der Waals surface area contributed by atoms with Gasteiger partial charge in [0.05, 0.1) is 17.8 Å². The van der Waals surface area contributed by atoms with Crippen LogP contribution in [0.4, 0.5) is 0 Å². The van der Waals surface area contributed by atoms with E-state index in [-0.39, 0.29) is 23.0 Å². The minimum atomic E-state index is -0.667. The van der Waals surface area contributed by atoms with Gasteiger partial charge in [-0.15, -0.1) is 0 Å². The summed E-state index contributed by atoms with van der Waals surface area (Å²) >= 11 is 1.93. The number of ether oxygens (including phenoxy) is 1. The molecule has 3 saturated carbocycles. The molecule has 4 nitrogen and oxygen atoms in total. The molecule has 0 aromatic carbocycles. The Balaban J connectivity index is 1.52. The van der Waals surface area contributed by atoms with E-state index in [0.717, 1.165) is 43.2 Å². The van der Waals surface area contributed by atoms with Crippen LogP contribution >= 0.6 is 23.8 Å². The van der Waals surface area contributed by atoms with Crippen LogP contribution in [0.25, 0.3) is 0 Å². The summed E-state index contributed by atoms with van der Waals surface area (Å²) in [6.45, 7) is 9.98. The number of hydrogen-bond acceptors (Lipinski definition) is 6. The van der Waals surface area contributed by atoms with Crippen molar-refractivity contribution in [1.29, 1.82) is 0 Å². The Hall–Kier alpha value is 0.150. The zero-order valence-electron chi connectivity index (χ0n) is 20.5. The highest BCUT2D eigenvalue weighted by molar-refractivity contribution is 8.16. The van der Waals surface area contributed by atoms with Gasteiger partial charge in [0.25, 0.3) is 0 Å². The molecule has 0 spiro atoms. The molecule has 8 heteroatoms. The van der Waals surface area contributed by atoms with Gasteiger partial charge in [0, 0.05) is 25.0 Å². The predicted octanol–water partition coefficient (Wildman–Crippen LogP) is 5.51. The molecular weight excluding hydrogens is 450 g/mol.